The van der Waals surface area contributed by atoms with Crippen molar-refractivity contribution in [2.24, 2.45) is 0 Å². The summed E-state index contributed by atoms with van der Waals surface area (Å²) in [5.41, 5.74) is 4.05. The highest BCUT2D eigenvalue weighted by Crippen LogP contribution is 2.29. The van der Waals surface area contributed by atoms with Crippen molar-refractivity contribution in [2.75, 3.05) is 17.7 Å². The van der Waals surface area contributed by atoms with E-state index in [1.54, 1.807) is 17.8 Å². The molecule has 0 bridgehead atoms. The van der Waals surface area contributed by atoms with E-state index in [9.17, 15) is 4.79 Å². The number of halogens is 1. The Balaban J connectivity index is 1.74. The summed E-state index contributed by atoms with van der Waals surface area (Å²) < 4.78 is 7.51. The third-order valence-corrected chi connectivity index (χ3v) is 5.43. The van der Waals surface area contributed by atoms with Gasteiger partial charge in [0.25, 0.3) is 5.56 Å². The van der Waals surface area contributed by atoms with Gasteiger partial charge < -0.3 is 15.1 Å². The van der Waals surface area contributed by atoms with Gasteiger partial charge in [-0.3, -0.25) is 9.36 Å². The standard InChI is InChI=1S/C23H23ClN4O2/c1-4-20-14(2)18-11-17(9-10-21(18)30-20)27-23-26-12-19(25-3)22(29)28(23)13-15-5-7-16(24)8-6-15/h5-12,25H,4,13H2,1-3H3,(H,26,27). The van der Waals surface area contributed by atoms with Gasteiger partial charge >= 0.3 is 0 Å². The Morgan fingerprint density at radius 2 is 1.93 bits per heavy atom. The molecular formula is C23H23ClN4O2. The summed E-state index contributed by atoms with van der Waals surface area (Å²) in [4.78, 5) is 17.5. The molecule has 0 aliphatic carbocycles. The highest BCUT2D eigenvalue weighted by molar-refractivity contribution is 6.30. The molecule has 0 amide bonds. The van der Waals surface area contributed by atoms with Crippen LogP contribution in [0.1, 0.15) is 23.8 Å². The Bertz CT molecular complexity index is 1260. The number of nitrogens with zero attached hydrogens (tertiary/aromatic N) is 2. The van der Waals surface area contributed by atoms with Gasteiger partial charge in [0.1, 0.15) is 17.0 Å². The third kappa shape index (κ3) is 3.78. The lowest BCUT2D eigenvalue weighted by Gasteiger charge is -2.15. The second kappa shape index (κ2) is 8.24. The number of rotatable bonds is 6. The molecule has 154 valence electrons. The largest absolute Gasteiger partial charge is 0.461 e. The molecule has 0 aliphatic rings. The van der Waals surface area contributed by atoms with Crippen molar-refractivity contribution in [1.29, 1.82) is 0 Å². The zero-order valence-electron chi connectivity index (χ0n) is 17.1. The number of fused-ring (bicyclic) bond motifs is 1. The minimum Gasteiger partial charge on any atom is -0.461 e. The molecule has 2 heterocycles. The molecule has 0 fully saturated rings. The molecular weight excluding hydrogens is 400 g/mol. The van der Waals surface area contributed by atoms with Crippen molar-refractivity contribution < 1.29 is 4.42 Å². The number of aryl methyl sites for hydroxylation is 2. The SMILES string of the molecule is CCc1oc2ccc(Nc3ncc(NC)c(=O)n3Cc3ccc(Cl)cc3)cc2c1C. The summed E-state index contributed by atoms with van der Waals surface area (Å²) in [6.45, 7) is 4.51. The number of nitrogens with one attached hydrogen (secondary N) is 2. The number of aromatic nitrogens is 2. The summed E-state index contributed by atoms with van der Waals surface area (Å²) in [6.07, 6.45) is 2.39. The van der Waals surface area contributed by atoms with Crippen LogP contribution in [0.5, 0.6) is 0 Å². The lowest BCUT2D eigenvalue weighted by molar-refractivity contribution is 0.553. The molecule has 0 unspecified atom stereocenters. The van der Waals surface area contributed by atoms with Crippen LogP contribution in [-0.2, 0) is 13.0 Å². The molecule has 0 spiro atoms. The molecule has 4 aromatic rings. The Hall–Kier alpha value is -3.25. The fraction of sp³-hybridized carbons (Fsp3) is 0.217. The van der Waals surface area contributed by atoms with E-state index >= 15 is 0 Å². The van der Waals surface area contributed by atoms with Crippen molar-refractivity contribution in [3.05, 3.63) is 80.9 Å². The molecule has 0 radical (unpaired) electrons. The van der Waals surface area contributed by atoms with Gasteiger partial charge in [-0.15, -0.1) is 0 Å². The lowest BCUT2D eigenvalue weighted by Crippen LogP contribution is -2.26. The van der Waals surface area contributed by atoms with Crippen molar-refractivity contribution in [3.8, 4) is 0 Å². The summed E-state index contributed by atoms with van der Waals surface area (Å²) in [6, 6.07) is 13.3. The molecule has 0 saturated carbocycles. The highest BCUT2D eigenvalue weighted by atomic mass is 35.5. The molecule has 30 heavy (non-hydrogen) atoms. The van der Waals surface area contributed by atoms with Crippen molar-refractivity contribution in [1.82, 2.24) is 9.55 Å². The fourth-order valence-electron chi connectivity index (χ4n) is 3.50. The minimum atomic E-state index is -0.154. The number of hydrogen-bond acceptors (Lipinski definition) is 5. The topological polar surface area (TPSA) is 72.1 Å². The minimum absolute atomic E-state index is 0.154. The molecule has 0 aliphatic heterocycles. The number of benzene rings is 2. The Morgan fingerprint density at radius 3 is 2.63 bits per heavy atom. The van der Waals surface area contributed by atoms with Crippen LogP contribution in [0.15, 0.2) is 57.9 Å². The van der Waals surface area contributed by atoms with Gasteiger partial charge in [0.15, 0.2) is 0 Å². The van der Waals surface area contributed by atoms with Crippen LogP contribution < -0.4 is 16.2 Å². The Kier molecular flexibility index (Phi) is 5.50. The van der Waals surface area contributed by atoms with Crippen LogP contribution in [0.4, 0.5) is 17.3 Å². The molecule has 4 rings (SSSR count). The second-order valence-electron chi connectivity index (χ2n) is 7.10. The predicted octanol–water partition coefficient (Wildman–Crippen LogP) is 5.35. The van der Waals surface area contributed by atoms with Crippen molar-refractivity contribution >= 4 is 39.9 Å². The third-order valence-electron chi connectivity index (χ3n) is 5.18. The molecule has 7 heteroatoms. The smallest absolute Gasteiger partial charge is 0.278 e. The van der Waals surface area contributed by atoms with Gasteiger partial charge in [0, 0.05) is 29.6 Å². The fourth-order valence-corrected chi connectivity index (χ4v) is 3.62. The van der Waals surface area contributed by atoms with E-state index in [4.69, 9.17) is 16.0 Å². The van der Waals surface area contributed by atoms with Crippen LogP contribution in [-0.4, -0.2) is 16.6 Å². The Labute approximate surface area is 179 Å². The van der Waals surface area contributed by atoms with Crippen LogP contribution in [0.2, 0.25) is 5.02 Å². The van der Waals surface area contributed by atoms with E-state index in [2.05, 4.69) is 29.5 Å². The average molecular weight is 423 g/mol. The van der Waals surface area contributed by atoms with E-state index < -0.39 is 0 Å². The monoisotopic (exact) mass is 422 g/mol. The molecule has 0 atom stereocenters. The first kappa shape index (κ1) is 20.0. The van der Waals surface area contributed by atoms with E-state index in [-0.39, 0.29) is 5.56 Å². The van der Waals surface area contributed by atoms with Gasteiger partial charge in [0.05, 0.1) is 12.7 Å². The van der Waals surface area contributed by atoms with E-state index in [1.165, 1.54) is 0 Å². The maximum Gasteiger partial charge on any atom is 0.278 e. The quantitative estimate of drug-likeness (QED) is 0.438. The van der Waals surface area contributed by atoms with Crippen LogP contribution in [0.25, 0.3) is 11.0 Å². The van der Waals surface area contributed by atoms with Crippen LogP contribution in [0.3, 0.4) is 0 Å². The summed E-state index contributed by atoms with van der Waals surface area (Å²) in [5.74, 6) is 1.45. The Morgan fingerprint density at radius 1 is 1.17 bits per heavy atom. The first-order valence-corrected chi connectivity index (χ1v) is 10.2. The first-order valence-electron chi connectivity index (χ1n) is 9.81. The van der Waals surface area contributed by atoms with Gasteiger partial charge in [-0.05, 0) is 48.4 Å². The van der Waals surface area contributed by atoms with Crippen molar-refractivity contribution in [2.45, 2.75) is 26.8 Å². The van der Waals surface area contributed by atoms with E-state index in [0.29, 0.717) is 23.2 Å². The molecule has 0 saturated heterocycles. The molecule has 2 aromatic carbocycles. The van der Waals surface area contributed by atoms with Crippen molar-refractivity contribution in [3.63, 3.8) is 0 Å². The molecule has 2 N–H and O–H groups in total. The maximum atomic E-state index is 13.0. The lowest BCUT2D eigenvalue weighted by atomic mass is 10.1. The average Bonchev–Trinajstić information content (AvgIpc) is 3.07. The van der Waals surface area contributed by atoms with Gasteiger partial charge in [0.2, 0.25) is 5.95 Å². The predicted molar refractivity (Wildman–Crippen MR) is 122 cm³/mol. The zero-order chi connectivity index (χ0) is 21.3. The number of hydrogen-bond donors (Lipinski definition) is 2. The highest BCUT2D eigenvalue weighted by Gasteiger charge is 2.13. The maximum absolute atomic E-state index is 13.0. The van der Waals surface area contributed by atoms with Crippen LogP contribution >= 0.6 is 11.6 Å². The zero-order valence-corrected chi connectivity index (χ0v) is 17.9. The number of anilines is 3. The normalized spacial score (nSPS) is 11.1. The molecule has 6 nitrogen and oxygen atoms in total. The summed E-state index contributed by atoms with van der Waals surface area (Å²) in [5, 5.41) is 7.91. The van der Waals surface area contributed by atoms with Gasteiger partial charge in [-0.2, -0.15) is 0 Å². The first-order chi connectivity index (χ1) is 14.5. The van der Waals surface area contributed by atoms with Gasteiger partial charge in [-0.25, -0.2) is 4.98 Å². The van der Waals surface area contributed by atoms with Crippen LogP contribution in [0, 0.1) is 6.92 Å². The van der Waals surface area contributed by atoms with Gasteiger partial charge in [-0.1, -0.05) is 30.7 Å². The van der Waals surface area contributed by atoms with E-state index in [1.807, 2.05) is 42.5 Å². The summed E-state index contributed by atoms with van der Waals surface area (Å²) in [7, 11) is 1.71. The van der Waals surface area contributed by atoms with E-state index in [0.717, 1.165) is 40.0 Å². The number of furan rings is 1. The summed E-state index contributed by atoms with van der Waals surface area (Å²) >= 11 is 5.99. The second-order valence-corrected chi connectivity index (χ2v) is 7.54. The molecule has 2 aromatic heterocycles.